The number of rotatable bonds is 4. The molecule has 0 radical (unpaired) electrons. The zero-order chi connectivity index (χ0) is 16.3. The Balaban J connectivity index is 2.12. The molecule has 116 valence electrons. The maximum absolute atomic E-state index is 12.8. The van der Waals surface area contributed by atoms with Gasteiger partial charge in [-0.1, -0.05) is 23.2 Å². The van der Waals surface area contributed by atoms with E-state index in [0.29, 0.717) is 0 Å². The molecule has 0 saturated carbocycles. The molecule has 0 fully saturated rings. The first-order valence-electron chi connectivity index (χ1n) is 5.82. The van der Waals surface area contributed by atoms with Crippen molar-refractivity contribution in [3.8, 4) is 0 Å². The van der Waals surface area contributed by atoms with Crippen LogP contribution in [0, 0.1) is 5.82 Å². The number of hydrogen-bond acceptors (Lipinski definition) is 3. The van der Waals surface area contributed by atoms with Crippen molar-refractivity contribution in [3.63, 3.8) is 0 Å². The minimum Gasteiger partial charge on any atom is -0.273 e. The fourth-order valence-corrected chi connectivity index (χ4v) is 3.09. The summed E-state index contributed by atoms with van der Waals surface area (Å²) in [5.41, 5.74) is 2.10. The van der Waals surface area contributed by atoms with Crippen molar-refractivity contribution in [3.05, 3.63) is 63.9 Å². The second-order valence-corrected chi connectivity index (χ2v) is 6.73. The van der Waals surface area contributed by atoms with Gasteiger partial charge in [-0.05, 0) is 42.5 Å². The second kappa shape index (κ2) is 6.62. The molecule has 9 heteroatoms. The van der Waals surface area contributed by atoms with Crippen LogP contribution < -0.4 is 10.3 Å². The van der Waals surface area contributed by atoms with Crippen molar-refractivity contribution in [2.75, 3.05) is 0 Å². The Morgan fingerprint density at radius 2 is 1.55 bits per heavy atom. The largest absolute Gasteiger partial charge is 0.273 e. The van der Waals surface area contributed by atoms with Crippen molar-refractivity contribution in [1.29, 1.82) is 0 Å². The molecule has 22 heavy (non-hydrogen) atoms. The smallest absolute Gasteiger partial charge is 0.266 e. The molecule has 0 bridgehead atoms. The van der Waals surface area contributed by atoms with Crippen LogP contribution in [0.25, 0.3) is 0 Å². The number of benzene rings is 2. The molecule has 2 aromatic rings. The normalized spacial score (nSPS) is 11.2. The minimum absolute atomic E-state index is 0.0910. The molecule has 0 aliphatic carbocycles. The Labute approximate surface area is 136 Å². The van der Waals surface area contributed by atoms with Crippen LogP contribution in [0.4, 0.5) is 4.39 Å². The number of hydrazine groups is 1. The monoisotopic (exact) mass is 362 g/mol. The predicted octanol–water partition coefficient (Wildman–Crippen LogP) is 2.76. The van der Waals surface area contributed by atoms with E-state index >= 15 is 0 Å². The zero-order valence-corrected chi connectivity index (χ0v) is 13.1. The van der Waals surface area contributed by atoms with Crippen molar-refractivity contribution in [2.24, 2.45) is 0 Å². The van der Waals surface area contributed by atoms with E-state index in [-0.39, 0.29) is 20.5 Å². The number of halogens is 3. The van der Waals surface area contributed by atoms with E-state index in [1.165, 1.54) is 30.3 Å². The van der Waals surface area contributed by atoms with Gasteiger partial charge in [0.2, 0.25) is 0 Å². The summed E-state index contributed by atoms with van der Waals surface area (Å²) in [5, 5.41) is 0.274. The molecule has 0 spiro atoms. The van der Waals surface area contributed by atoms with E-state index in [2.05, 4.69) is 0 Å². The third-order valence-electron chi connectivity index (χ3n) is 2.55. The summed E-state index contributed by atoms with van der Waals surface area (Å²) in [4.78, 5) is 13.5. The van der Waals surface area contributed by atoms with Crippen molar-refractivity contribution in [1.82, 2.24) is 10.3 Å². The van der Waals surface area contributed by atoms with Gasteiger partial charge in [0.1, 0.15) is 5.82 Å². The lowest BCUT2D eigenvalue weighted by molar-refractivity contribution is 0.0945. The molecule has 0 saturated heterocycles. The van der Waals surface area contributed by atoms with Crippen LogP contribution in [0.15, 0.2) is 47.4 Å². The summed E-state index contributed by atoms with van der Waals surface area (Å²) in [6, 6.07) is 8.34. The van der Waals surface area contributed by atoms with Gasteiger partial charge in [0.15, 0.2) is 0 Å². The lowest BCUT2D eigenvalue weighted by Gasteiger charge is -2.09. The number of hydrogen-bond donors (Lipinski definition) is 2. The van der Waals surface area contributed by atoms with E-state index in [0.717, 1.165) is 12.1 Å². The number of amides is 1. The molecule has 2 N–H and O–H groups in total. The molecule has 0 unspecified atom stereocenters. The highest BCUT2D eigenvalue weighted by Gasteiger charge is 2.17. The van der Waals surface area contributed by atoms with E-state index in [9.17, 15) is 17.6 Å². The van der Waals surface area contributed by atoms with Crippen LogP contribution in [0.3, 0.4) is 0 Å². The topological polar surface area (TPSA) is 75.3 Å². The quantitative estimate of drug-likeness (QED) is 0.821. The molecule has 1 amide bonds. The molecule has 2 aromatic carbocycles. The Morgan fingerprint density at radius 1 is 1.00 bits per heavy atom. The summed E-state index contributed by atoms with van der Waals surface area (Å²) >= 11 is 11.5. The average Bonchev–Trinajstić information content (AvgIpc) is 2.44. The molecule has 0 aliphatic rings. The number of carbonyl (C=O) groups is 1. The fraction of sp³-hybridized carbons (Fsp3) is 0. The van der Waals surface area contributed by atoms with Gasteiger partial charge in [-0.25, -0.2) is 12.8 Å². The molecular formula is C13H9Cl2FN2O3S. The summed E-state index contributed by atoms with van der Waals surface area (Å²) in [7, 11) is -4.04. The first-order chi connectivity index (χ1) is 10.3. The van der Waals surface area contributed by atoms with Gasteiger partial charge >= 0.3 is 0 Å². The Bertz CT molecular complexity index is 790. The molecular weight excluding hydrogens is 354 g/mol. The minimum atomic E-state index is -4.04. The van der Waals surface area contributed by atoms with Gasteiger partial charge in [-0.2, -0.15) is 0 Å². The SMILES string of the molecule is O=C(NNS(=O)(=O)c1cc(Cl)cc(Cl)c1)c1ccc(F)cc1. The van der Waals surface area contributed by atoms with Gasteiger partial charge in [-0.15, -0.1) is 4.83 Å². The fourth-order valence-electron chi connectivity index (χ4n) is 1.53. The number of nitrogens with one attached hydrogen (secondary N) is 2. The highest BCUT2D eigenvalue weighted by atomic mass is 35.5. The van der Waals surface area contributed by atoms with Gasteiger partial charge in [0.25, 0.3) is 15.9 Å². The highest BCUT2D eigenvalue weighted by Crippen LogP contribution is 2.21. The Hall–Kier alpha value is -1.67. The summed E-state index contributed by atoms with van der Waals surface area (Å²) in [6.07, 6.45) is 0. The lowest BCUT2D eigenvalue weighted by Crippen LogP contribution is -2.41. The van der Waals surface area contributed by atoms with Crippen LogP contribution >= 0.6 is 23.2 Å². The Kier molecular flexibility index (Phi) is 5.02. The number of sulfonamides is 1. The van der Waals surface area contributed by atoms with Gasteiger partial charge < -0.3 is 0 Å². The third-order valence-corrected chi connectivity index (χ3v) is 4.22. The summed E-state index contributed by atoms with van der Waals surface area (Å²) in [6.45, 7) is 0. The van der Waals surface area contributed by atoms with Crippen molar-refractivity contribution < 1.29 is 17.6 Å². The maximum atomic E-state index is 12.8. The van der Waals surface area contributed by atoms with Crippen molar-refractivity contribution >= 4 is 39.1 Å². The Morgan fingerprint density at radius 3 is 2.09 bits per heavy atom. The van der Waals surface area contributed by atoms with Crippen LogP contribution in [-0.2, 0) is 10.0 Å². The van der Waals surface area contributed by atoms with Crippen LogP contribution in [0.1, 0.15) is 10.4 Å². The van der Waals surface area contributed by atoms with E-state index < -0.39 is 21.7 Å². The standard InChI is InChI=1S/C13H9Cl2FN2O3S/c14-9-5-10(15)7-12(6-9)22(20,21)18-17-13(19)8-1-3-11(16)4-2-8/h1-7,18H,(H,17,19). The van der Waals surface area contributed by atoms with E-state index in [4.69, 9.17) is 23.2 Å². The summed E-state index contributed by atoms with van der Waals surface area (Å²) in [5.74, 6) is -1.25. The highest BCUT2D eigenvalue weighted by molar-refractivity contribution is 7.89. The molecule has 0 heterocycles. The van der Waals surface area contributed by atoms with Gasteiger partial charge in [0.05, 0.1) is 4.90 Å². The lowest BCUT2D eigenvalue weighted by atomic mass is 10.2. The summed E-state index contributed by atoms with van der Waals surface area (Å²) < 4.78 is 36.8. The second-order valence-electron chi connectivity index (χ2n) is 4.17. The molecule has 2 rings (SSSR count). The van der Waals surface area contributed by atoms with Crippen LogP contribution in [-0.4, -0.2) is 14.3 Å². The zero-order valence-electron chi connectivity index (χ0n) is 10.8. The molecule has 0 aromatic heterocycles. The van der Waals surface area contributed by atoms with Crippen LogP contribution in [0.5, 0.6) is 0 Å². The maximum Gasteiger partial charge on any atom is 0.266 e. The average molecular weight is 363 g/mol. The molecule has 0 atom stereocenters. The van der Waals surface area contributed by atoms with Gasteiger partial charge in [-0.3, -0.25) is 10.2 Å². The van der Waals surface area contributed by atoms with Crippen LogP contribution in [0.2, 0.25) is 10.0 Å². The first-order valence-corrected chi connectivity index (χ1v) is 8.06. The molecule has 5 nitrogen and oxygen atoms in total. The van der Waals surface area contributed by atoms with E-state index in [1.807, 2.05) is 10.3 Å². The molecule has 0 aliphatic heterocycles. The van der Waals surface area contributed by atoms with Gasteiger partial charge in [0, 0.05) is 15.6 Å². The first kappa shape index (κ1) is 16.7. The predicted molar refractivity (Wildman–Crippen MR) is 80.6 cm³/mol. The van der Waals surface area contributed by atoms with E-state index in [1.54, 1.807) is 0 Å². The number of carbonyl (C=O) groups excluding carboxylic acids is 1. The van der Waals surface area contributed by atoms with Crippen molar-refractivity contribution in [2.45, 2.75) is 4.90 Å². The third kappa shape index (κ3) is 4.17.